The molecule has 3 aliphatic rings. The maximum absolute atomic E-state index is 12.1. The van der Waals surface area contributed by atoms with E-state index in [-0.39, 0.29) is 11.5 Å². The second-order valence-corrected chi connectivity index (χ2v) is 5.81. The average Bonchev–Trinajstić information content (AvgIpc) is 2.64. The van der Waals surface area contributed by atoms with Gasteiger partial charge in [0.05, 0.1) is 12.6 Å². The van der Waals surface area contributed by atoms with E-state index in [1.807, 2.05) is 5.06 Å². The summed E-state index contributed by atoms with van der Waals surface area (Å²) in [6.45, 7) is 2.92. The molecule has 0 spiro atoms. The fourth-order valence-electron chi connectivity index (χ4n) is 3.70. The van der Waals surface area contributed by atoms with E-state index in [0.29, 0.717) is 0 Å². The molecule has 0 bridgehead atoms. The first kappa shape index (κ1) is 10.8. The Hall–Kier alpha value is -0.320. The lowest BCUT2D eigenvalue weighted by molar-refractivity contribution is -0.200. The summed E-state index contributed by atoms with van der Waals surface area (Å²) in [4.78, 5) is 17.9. The van der Waals surface area contributed by atoms with Gasteiger partial charge in [-0.05, 0) is 32.6 Å². The van der Waals surface area contributed by atoms with Gasteiger partial charge >= 0.3 is 5.97 Å². The number of alkyl halides is 1. The van der Waals surface area contributed by atoms with Crippen molar-refractivity contribution in [1.82, 2.24) is 5.06 Å². The van der Waals surface area contributed by atoms with Crippen LogP contribution in [0, 0.1) is 5.41 Å². The molecule has 16 heavy (non-hydrogen) atoms. The molecule has 2 aliphatic heterocycles. The van der Waals surface area contributed by atoms with Gasteiger partial charge in [-0.1, -0.05) is 11.6 Å². The molecule has 90 valence electrons. The van der Waals surface area contributed by atoms with E-state index in [0.717, 1.165) is 32.2 Å². The van der Waals surface area contributed by atoms with Gasteiger partial charge in [0.2, 0.25) is 0 Å². The SMILES string of the molecule is COC(=O)[C@@]12CC[C@]1(Cl)ON1CCC[C@@]12C. The van der Waals surface area contributed by atoms with Gasteiger partial charge in [0.1, 0.15) is 5.41 Å². The van der Waals surface area contributed by atoms with Crippen LogP contribution in [-0.4, -0.2) is 35.3 Å². The molecule has 0 aromatic rings. The highest BCUT2D eigenvalue weighted by Gasteiger charge is 2.80. The third-order valence-corrected chi connectivity index (χ3v) is 5.32. The maximum atomic E-state index is 12.1. The summed E-state index contributed by atoms with van der Waals surface area (Å²) < 4.78 is 4.97. The number of carbonyl (C=O) groups is 1. The minimum atomic E-state index is -0.866. The summed E-state index contributed by atoms with van der Waals surface area (Å²) in [6, 6.07) is 0. The molecule has 0 aromatic heterocycles. The number of fused-ring (bicyclic) bond motifs is 3. The third kappa shape index (κ3) is 0.856. The fourth-order valence-corrected chi connectivity index (χ4v) is 4.25. The zero-order valence-corrected chi connectivity index (χ0v) is 10.3. The van der Waals surface area contributed by atoms with E-state index >= 15 is 0 Å². The van der Waals surface area contributed by atoms with Crippen LogP contribution in [-0.2, 0) is 14.4 Å². The van der Waals surface area contributed by atoms with Crippen LogP contribution in [0.25, 0.3) is 0 Å². The molecular formula is C11H16ClNO3. The molecule has 0 unspecified atom stereocenters. The molecule has 3 fully saturated rings. The van der Waals surface area contributed by atoms with Crippen molar-refractivity contribution in [2.45, 2.75) is 43.2 Å². The monoisotopic (exact) mass is 245 g/mol. The number of hydrogen-bond acceptors (Lipinski definition) is 4. The fraction of sp³-hybridized carbons (Fsp3) is 0.909. The largest absolute Gasteiger partial charge is 0.468 e. The van der Waals surface area contributed by atoms with E-state index < -0.39 is 10.5 Å². The Labute approximate surface area is 99.8 Å². The third-order valence-electron chi connectivity index (χ3n) is 4.74. The lowest BCUT2D eigenvalue weighted by Gasteiger charge is -2.51. The maximum Gasteiger partial charge on any atom is 0.318 e. The minimum Gasteiger partial charge on any atom is -0.468 e. The van der Waals surface area contributed by atoms with E-state index in [1.165, 1.54) is 7.11 Å². The first-order chi connectivity index (χ1) is 7.50. The quantitative estimate of drug-likeness (QED) is 0.520. The number of hydroxylamine groups is 2. The highest BCUT2D eigenvalue weighted by molar-refractivity contribution is 6.26. The van der Waals surface area contributed by atoms with Crippen molar-refractivity contribution in [2.24, 2.45) is 5.41 Å². The van der Waals surface area contributed by atoms with Crippen LogP contribution in [0.15, 0.2) is 0 Å². The van der Waals surface area contributed by atoms with Crippen molar-refractivity contribution in [3.05, 3.63) is 0 Å². The van der Waals surface area contributed by atoms with Gasteiger partial charge in [0.25, 0.3) is 0 Å². The predicted octanol–water partition coefficient (Wildman–Crippen LogP) is 1.67. The molecule has 1 saturated carbocycles. The Morgan fingerprint density at radius 2 is 2.19 bits per heavy atom. The number of methoxy groups -OCH3 is 1. The van der Waals surface area contributed by atoms with Crippen molar-refractivity contribution in [1.29, 1.82) is 0 Å². The summed E-state index contributed by atoms with van der Waals surface area (Å²) in [7, 11) is 1.42. The highest BCUT2D eigenvalue weighted by atomic mass is 35.5. The number of hydrogen-bond donors (Lipinski definition) is 0. The molecule has 0 radical (unpaired) electrons. The first-order valence-corrected chi connectivity index (χ1v) is 6.12. The standard InChI is InChI=1S/C11H16ClNO3/c1-9-4-3-7-13(9)16-11(12)6-5-10(9,11)8(14)15-2/h3-7H2,1-2H3/t9-,10-,11+/m1/s1. The first-order valence-electron chi connectivity index (χ1n) is 5.74. The number of ether oxygens (including phenoxy) is 1. The molecule has 0 amide bonds. The van der Waals surface area contributed by atoms with Gasteiger partial charge in [0, 0.05) is 6.54 Å². The molecule has 2 heterocycles. The summed E-state index contributed by atoms with van der Waals surface area (Å²) >= 11 is 6.46. The second-order valence-electron chi connectivity index (χ2n) is 5.20. The number of halogens is 1. The van der Waals surface area contributed by atoms with Crippen molar-refractivity contribution >= 4 is 17.6 Å². The number of esters is 1. The van der Waals surface area contributed by atoms with Gasteiger partial charge < -0.3 is 4.74 Å². The van der Waals surface area contributed by atoms with Crippen molar-refractivity contribution < 1.29 is 14.4 Å². The molecule has 1 aliphatic carbocycles. The zero-order valence-electron chi connectivity index (χ0n) is 9.59. The molecule has 3 atom stereocenters. The smallest absolute Gasteiger partial charge is 0.318 e. The van der Waals surface area contributed by atoms with Crippen molar-refractivity contribution in [3.63, 3.8) is 0 Å². The normalized spacial score (nSPS) is 50.7. The van der Waals surface area contributed by atoms with Crippen LogP contribution in [0.3, 0.4) is 0 Å². The number of carbonyl (C=O) groups excluding carboxylic acids is 1. The van der Waals surface area contributed by atoms with Crippen LogP contribution in [0.1, 0.15) is 32.6 Å². The Balaban J connectivity index is 2.09. The van der Waals surface area contributed by atoms with Gasteiger partial charge in [-0.2, -0.15) is 5.06 Å². The van der Waals surface area contributed by atoms with E-state index in [2.05, 4.69) is 6.92 Å². The Morgan fingerprint density at radius 1 is 1.44 bits per heavy atom. The van der Waals surface area contributed by atoms with Gasteiger partial charge in [-0.15, -0.1) is 0 Å². The van der Waals surface area contributed by atoms with Crippen LogP contribution < -0.4 is 0 Å². The molecule has 3 rings (SSSR count). The van der Waals surface area contributed by atoms with Crippen molar-refractivity contribution in [3.8, 4) is 0 Å². The summed E-state index contributed by atoms with van der Waals surface area (Å²) in [5.41, 5.74) is -0.965. The minimum absolute atomic E-state index is 0.222. The lowest BCUT2D eigenvalue weighted by Crippen LogP contribution is -2.64. The Morgan fingerprint density at radius 3 is 2.75 bits per heavy atom. The summed E-state index contributed by atoms with van der Waals surface area (Å²) in [5.74, 6) is -0.222. The van der Waals surface area contributed by atoms with Crippen molar-refractivity contribution in [2.75, 3.05) is 13.7 Å². The van der Waals surface area contributed by atoms with Crippen LogP contribution in [0.5, 0.6) is 0 Å². The zero-order chi connectivity index (χ0) is 11.6. The van der Waals surface area contributed by atoms with E-state index in [1.54, 1.807) is 0 Å². The second kappa shape index (κ2) is 2.92. The lowest BCUT2D eigenvalue weighted by atomic mass is 9.55. The average molecular weight is 246 g/mol. The number of nitrogens with zero attached hydrogens (tertiary/aromatic N) is 1. The van der Waals surface area contributed by atoms with Crippen LogP contribution >= 0.6 is 11.6 Å². The van der Waals surface area contributed by atoms with Gasteiger partial charge in [-0.25, -0.2) is 0 Å². The molecule has 0 N–H and O–H groups in total. The predicted molar refractivity (Wildman–Crippen MR) is 57.7 cm³/mol. The van der Waals surface area contributed by atoms with E-state index in [4.69, 9.17) is 21.2 Å². The molecule has 0 aromatic carbocycles. The van der Waals surface area contributed by atoms with Gasteiger partial charge in [0.15, 0.2) is 5.06 Å². The van der Waals surface area contributed by atoms with E-state index in [9.17, 15) is 4.79 Å². The van der Waals surface area contributed by atoms with Crippen LogP contribution in [0.2, 0.25) is 0 Å². The van der Waals surface area contributed by atoms with Crippen LogP contribution in [0.4, 0.5) is 0 Å². The Bertz CT molecular complexity index is 363. The summed E-state index contributed by atoms with van der Waals surface area (Å²) in [6.07, 6.45) is 3.46. The van der Waals surface area contributed by atoms with Gasteiger partial charge in [-0.3, -0.25) is 9.63 Å². The molecule has 4 nitrogen and oxygen atoms in total. The summed E-state index contributed by atoms with van der Waals surface area (Å²) in [5, 5.41) is 1.04. The molecule has 2 saturated heterocycles. The highest BCUT2D eigenvalue weighted by Crippen LogP contribution is 2.70. The molecular weight excluding hydrogens is 230 g/mol. The molecule has 5 heteroatoms. The topological polar surface area (TPSA) is 38.8 Å². The number of rotatable bonds is 1. The Kier molecular flexibility index (Phi) is 1.97.